The van der Waals surface area contributed by atoms with E-state index in [-0.39, 0.29) is 0 Å². The minimum atomic E-state index is -2.11. The Labute approximate surface area is 291 Å². The molecule has 2 saturated heterocycles. The lowest BCUT2D eigenvalue weighted by atomic mass is 9.96. The highest BCUT2D eigenvalue weighted by Crippen LogP contribution is 2.43. The van der Waals surface area contributed by atoms with E-state index in [9.17, 15) is 33.6 Å². The third-order valence-electron chi connectivity index (χ3n) is 6.87. The number of ether oxygens (including phenoxy) is 10. The van der Waals surface area contributed by atoms with Crippen LogP contribution >= 0.6 is 11.8 Å². The number of hydrogen-bond donors (Lipinski definition) is 0. The maximum atomic E-state index is 12.4. The van der Waals surface area contributed by atoms with E-state index in [1.54, 1.807) is 30.3 Å². The van der Waals surface area contributed by atoms with Crippen LogP contribution in [0.5, 0.6) is 0 Å². The second-order valence-corrected chi connectivity index (χ2v) is 12.4. The molecule has 2 aliphatic rings. The Morgan fingerprint density at radius 2 is 1.18 bits per heavy atom. The molecular formula is C32H40O17S. The Morgan fingerprint density at radius 1 is 0.660 bits per heavy atom. The van der Waals surface area contributed by atoms with Crippen LogP contribution in [0.1, 0.15) is 54.9 Å². The van der Waals surface area contributed by atoms with Gasteiger partial charge in [-0.2, -0.15) is 0 Å². The van der Waals surface area contributed by atoms with Gasteiger partial charge in [0.1, 0.15) is 25.4 Å². The maximum absolute atomic E-state index is 12.4. The summed E-state index contributed by atoms with van der Waals surface area (Å²) in [6, 6.07) is 8.74. The van der Waals surface area contributed by atoms with Gasteiger partial charge in [-0.3, -0.25) is 33.6 Å². The van der Waals surface area contributed by atoms with E-state index in [1.165, 1.54) is 0 Å². The maximum Gasteiger partial charge on any atom is 0.303 e. The first-order valence-electron chi connectivity index (χ1n) is 15.3. The SMILES string of the molecule is CC(=O)OCC1O[C@@H](OC2(COC(C)=O)CC(OC(C)=O)C(OC(C)=O)[C@H](Sc3ccccc3)O2)C(OC(C)=O)C(OC(C)=O)[C@H]1OC(C)=O. The first-order chi connectivity index (χ1) is 23.5. The molecule has 2 fully saturated rings. The van der Waals surface area contributed by atoms with E-state index in [0.717, 1.165) is 60.2 Å². The number of carbonyl (C=O) groups is 7. The van der Waals surface area contributed by atoms with Crippen LogP contribution in [0.4, 0.5) is 0 Å². The van der Waals surface area contributed by atoms with E-state index in [1.807, 2.05) is 0 Å². The van der Waals surface area contributed by atoms with Crippen LogP contribution in [0.2, 0.25) is 0 Å². The largest absolute Gasteiger partial charge is 0.463 e. The van der Waals surface area contributed by atoms with Crippen LogP contribution in [0.25, 0.3) is 0 Å². The minimum absolute atomic E-state index is 0.448. The van der Waals surface area contributed by atoms with Gasteiger partial charge in [0, 0.05) is 59.8 Å². The number of rotatable bonds is 13. The van der Waals surface area contributed by atoms with Crippen LogP contribution in [-0.2, 0) is 80.9 Å². The first kappa shape index (κ1) is 40.2. The number of carbonyl (C=O) groups excluding carboxylic acids is 7. The summed E-state index contributed by atoms with van der Waals surface area (Å²) in [6.45, 7) is 6.47. The zero-order valence-electron chi connectivity index (χ0n) is 28.5. The Hall–Kier alpha value is -4.26. The van der Waals surface area contributed by atoms with Crippen molar-refractivity contribution in [3.63, 3.8) is 0 Å². The zero-order valence-corrected chi connectivity index (χ0v) is 29.3. The van der Waals surface area contributed by atoms with E-state index < -0.39 is 116 Å². The van der Waals surface area contributed by atoms with Gasteiger partial charge in [0.15, 0.2) is 29.9 Å². The molecule has 1 aromatic carbocycles. The van der Waals surface area contributed by atoms with Gasteiger partial charge in [0.05, 0.1) is 0 Å². The van der Waals surface area contributed by atoms with Crippen molar-refractivity contribution >= 4 is 53.5 Å². The van der Waals surface area contributed by atoms with Gasteiger partial charge in [-0.15, -0.1) is 0 Å². The van der Waals surface area contributed by atoms with Gasteiger partial charge < -0.3 is 47.4 Å². The molecule has 0 N–H and O–H groups in total. The second-order valence-electron chi connectivity index (χ2n) is 11.2. The molecule has 0 spiro atoms. The molecule has 0 bridgehead atoms. The average molecular weight is 729 g/mol. The quantitative estimate of drug-likeness (QED) is 0.209. The predicted molar refractivity (Wildman–Crippen MR) is 165 cm³/mol. The normalized spacial score (nSPS) is 29.0. The van der Waals surface area contributed by atoms with Crippen molar-refractivity contribution in [1.82, 2.24) is 0 Å². The molecule has 50 heavy (non-hydrogen) atoms. The summed E-state index contributed by atoms with van der Waals surface area (Å²) in [5.41, 5.74) is -1.19. The molecule has 2 aliphatic heterocycles. The lowest BCUT2D eigenvalue weighted by Gasteiger charge is -2.50. The molecule has 9 atom stereocenters. The first-order valence-corrected chi connectivity index (χ1v) is 16.2. The fourth-order valence-electron chi connectivity index (χ4n) is 5.20. The fourth-order valence-corrected chi connectivity index (χ4v) is 6.37. The molecule has 0 saturated carbocycles. The molecule has 0 amide bonds. The summed E-state index contributed by atoms with van der Waals surface area (Å²) in [4.78, 5) is 86.0. The summed E-state index contributed by atoms with van der Waals surface area (Å²) in [5, 5.41) is 0. The number of thioether (sulfide) groups is 1. The van der Waals surface area contributed by atoms with Gasteiger partial charge in [-0.25, -0.2) is 0 Å². The van der Waals surface area contributed by atoms with E-state index in [0.29, 0.717) is 4.90 Å². The second kappa shape index (κ2) is 18.1. The topological polar surface area (TPSA) is 212 Å². The predicted octanol–water partition coefficient (Wildman–Crippen LogP) is 1.75. The Kier molecular flexibility index (Phi) is 14.6. The zero-order chi connectivity index (χ0) is 37.2. The lowest BCUT2D eigenvalue weighted by Crippen LogP contribution is -2.66. The van der Waals surface area contributed by atoms with Gasteiger partial charge in [-0.05, 0) is 12.1 Å². The molecule has 276 valence electrons. The Bertz CT molecular complexity index is 1400. The molecule has 0 aromatic heterocycles. The lowest BCUT2D eigenvalue weighted by molar-refractivity contribution is -0.396. The molecule has 2 heterocycles. The van der Waals surface area contributed by atoms with Crippen LogP contribution < -0.4 is 0 Å². The van der Waals surface area contributed by atoms with Crippen molar-refractivity contribution in [2.24, 2.45) is 0 Å². The molecule has 3 rings (SSSR count). The third-order valence-corrected chi connectivity index (χ3v) is 8.01. The van der Waals surface area contributed by atoms with Gasteiger partial charge in [0.25, 0.3) is 0 Å². The minimum Gasteiger partial charge on any atom is -0.463 e. The molecule has 1 aromatic rings. The van der Waals surface area contributed by atoms with Crippen LogP contribution in [-0.4, -0.2) is 109 Å². The van der Waals surface area contributed by atoms with Gasteiger partial charge >= 0.3 is 41.8 Å². The van der Waals surface area contributed by atoms with E-state index >= 15 is 0 Å². The molecular weight excluding hydrogens is 688 g/mol. The Balaban J connectivity index is 2.19. The standard InChI is InChI=1S/C32H40O17S/c1-16(33)40-14-25-26(43-19(4)36)28(45-21(6)38)29(46-22(7)39)30(47-25)48-32(15-41-17(2)34)13-24(42-18(3)35)27(44-20(5)37)31(49-32)50-23-11-9-8-10-12-23/h8-12,24-31H,13-15H2,1-7H3/t24?,25?,26-,27?,28?,29?,30-,31-,32?/m0/s1. The van der Waals surface area contributed by atoms with Crippen molar-refractivity contribution in [2.45, 2.75) is 114 Å². The van der Waals surface area contributed by atoms with Crippen molar-refractivity contribution in [2.75, 3.05) is 13.2 Å². The molecule has 0 radical (unpaired) electrons. The number of hydrogen-bond acceptors (Lipinski definition) is 18. The Morgan fingerprint density at radius 3 is 1.72 bits per heavy atom. The van der Waals surface area contributed by atoms with Crippen LogP contribution in [0.3, 0.4) is 0 Å². The van der Waals surface area contributed by atoms with Crippen LogP contribution in [0, 0.1) is 0 Å². The highest BCUT2D eigenvalue weighted by atomic mass is 32.2. The summed E-state index contributed by atoms with van der Waals surface area (Å²) in [6.07, 6.45) is -10.9. The fraction of sp³-hybridized carbons (Fsp3) is 0.594. The van der Waals surface area contributed by atoms with Crippen molar-refractivity contribution in [3.8, 4) is 0 Å². The molecule has 17 nitrogen and oxygen atoms in total. The monoisotopic (exact) mass is 728 g/mol. The van der Waals surface area contributed by atoms with E-state index in [4.69, 9.17) is 47.4 Å². The van der Waals surface area contributed by atoms with Gasteiger partial charge in [0.2, 0.25) is 12.1 Å². The van der Waals surface area contributed by atoms with Crippen LogP contribution in [0.15, 0.2) is 35.2 Å². The summed E-state index contributed by atoms with van der Waals surface area (Å²) >= 11 is 1.06. The highest BCUT2D eigenvalue weighted by Gasteiger charge is 2.58. The summed E-state index contributed by atoms with van der Waals surface area (Å²) < 4.78 is 57.0. The van der Waals surface area contributed by atoms with E-state index in [2.05, 4.69) is 0 Å². The smallest absolute Gasteiger partial charge is 0.303 e. The highest BCUT2D eigenvalue weighted by molar-refractivity contribution is 7.99. The summed E-state index contributed by atoms with van der Waals surface area (Å²) in [7, 11) is 0. The molecule has 18 heteroatoms. The molecule has 6 unspecified atom stereocenters. The number of benzene rings is 1. The van der Waals surface area contributed by atoms with Crippen molar-refractivity contribution < 1.29 is 80.9 Å². The van der Waals surface area contributed by atoms with Gasteiger partial charge in [-0.1, -0.05) is 30.0 Å². The molecule has 0 aliphatic carbocycles. The summed E-state index contributed by atoms with van der Waals surface area (Å²) in [5.74, 6) is -7.70. The van der Waals surface area contributed by atoms with Crippen molar-refractivity contribution in [3.05, 3.63) is 30.3 Å². The third kappa shape index (κ3) is 12.0. The number of esters is 7. The average Bonchev–Trinajstić information content (AvgIpc) is 2.99. The van der Waals surface area contributed by atoms with Crippen molar-refractivity contribution in [1.29, 1.82) is 0 Å².